The summed E-state index contributed by atoms with van der Waals surface area (Å²) >= 11 is 0. The molecule has 0 saturated heterocycles. The highest BCUT2D eigenvalue weighted by atomic mass is 19.1. The van der Waals surface area contributed by atoms with E-state index in [1.165, 1.54) is 19.1 Å². The van der Waals surface area contributed by atoms with E-state index < -0.39 is 0 Å². The van der Waals surface area contributed by atoms with E-state index in [1.807, 2.05) is 6.92 Å². The maximum absolute atomic E-state index is 13.4. The molecule has 0 unspecified atom stereocenters. The summed E-state index contributed by atoms with van der Waals surface area (Å²) in [5, 5.41) is 13.1. The smallest absolute Gasteiger partial charge is 0.159 e. The van der Waals surface area contributed by atoms with E-state index in [4.69, 9.17) is 4.42 Å². The molecule has 0 atom stereocenters. The van der Waals surface area contributed by atoms with Crippen LogP contribution >= 0.6 is 0 Å². The first-order valence-electron chi connectivity index (χ1n) is 7.46. The van der Waals surface area contributed by atoms with Crippen molar-refractivity contribution >= 4 is 22.4 Å². The van der Waals surface area contributed by atoms with E-state index >= 15 is 0 Å². The summed E-state index contributed by atoms with van der Waals surface area (Å²) in [5.74, 6) is 0.275. The molecule has 4 nitrogen and oxygen atoms in total. The number of aryl methyl sites for hydroxylation is 1. The van der Waals surface area contributed by atoms with Crippen molar-refractivity contribution in [3.63, 3.8) is 0 Å². The predicted molar refractivity (Wildman–Crippen MR) is 89.4 cm³/mol. The van der Waals surface area contributed by atoms with E-state index in [0.717, 1.165) is 10.9 Å². The molecule has 0 aliphatic heterocycles. The Balaban J connectivity index is 1.91. The number of Topliss-reactive ketones (excluding diaryl/α,β-unsaturated/α-hetero) is 1. The molecule has 1 N–H and O–H groups in total. The van der Waals surface area contributed by atoms with Crippen LogP contribution in [-0.2, 0) is 6.54 Å². The lowest BCUT2D eigenvalue weighted by Crippen LogP contribution is -2.03. The molecule has 0 saturated carbocycles. The van der Waals surface area contributed by atoms with Crippen LogP contribution in [0.4, 0.5) is 10.1 Å². The van der Waals surface area contributed by atoms with Gasteiger partial charge in [-0.05, 0) is 50.2 Å². The third-order valence-electron chi connectivity index (χ3n) is 3.98. The molecule has 0 aliphatic carbocycles. The fourth-order valence-electron chi connectivity index (χ4n) is 2.59. The molecule has 120 valence electrons. The van der Waals surface area contributed by atoms with Crippen molar-refractivity contribution in [2.75, 3.05) is 5.32 Å². The van der Waals surface area contributed by atoms with Crippen LogP contribution < -0.4 is 5.32 Å². The highest BCUT2D eigenvalue weighted by Crippen LogP contribution is 2.27. The van der Waals surface area contributed by atoms with Gasteiger partial charge in [0, 0.05) is 16.5 Å². The van der Waals surface area contributed by atoms with E-state index in [-0.39, 0.29) is 11.6 Å². The summed E-state index contributed by atoms with van der Waals surface area (Å²) < 4.78 is 19.1. The number of nitrogens with zero attached hydrogens (tertiary/aromatic N) is 1. The quantitative estimate of drug-likeness (QED) is 0.715. The van der Waals surface area contributed by atoms with E-state index in [9.17, 15) is 14.4 Å². The standard InChI is InChI=1S/C19H15FN2O2/c1-11-16-8-15(20)5-6-18(16)24-19(11)10-22-17-7-13(12(2)23)3-4-14(17)9-21/h3-8,22H,10H2,1-2H3. The largest absolute Gasteiger partial charge is 0.459 e. The number of fused-ring (bicyclic) bond motifs is 1. The zero-order valence-electron chi connectivity index (χ0n) is 13.3. The Morgan fingerprint density at radius 1 is 1.29 bits per heavy atom. The molecule has 3 rings (SSSR count). The molecule has 3 aromatic rings. The number of nitrogens with one attached hydrogen (secondary N) is 1. The molecule has 0 bridgehead atoms. The molecule has 1 heterocycles. The van der Waals surface area contributed by atoms with Gasteiger partial charge in [0.15, 0.2) is 5.78 Å². The highest BCUT2D eigenvalue weighted by Gasteiger charge is 2.12. The number of carbonyl (C=O) groups is 1. The van der Waals surface area contributed by atoms with E-state index in [2.05, 4.69) is 11.4 Å². The zero-order chi connectivity index (χ0) is 17.3. The van der Waals surface area contributed by atoms with Gasteiger partial charge in [-0.2, -0.15) is 5.26 Å². The summed E-state index contributed by atoms with van der Waals surface area (Å²) in [6.07, 6.45) is 0. The minimum Gasteiger partial charge on any atom is -0.459 e. The Kier molecular flexibility index (Phi) is 4.05. The van der Waals surface area contributed by atoms with Gasteiger partial charge in [-0.15, -0.1) is 0 Å². The fourth-order valence-corrected chi connectivity index (χ4v) is 2.59. The second-order valence-electron chi connectivity index (χ2n) is 5.57. The van der Waals surface area contributed by atoms with Crippen LogP contribution in [0.25, 0.3) is 11.0 Å². The van der Waals surface area contributed by atoms with Crippen molar-refractivity contribution in [3.05, 3.63) is 64.7 Å². The Labute approximate surface area is 138 Å². The molecule has 2 aromatic carbocycles. The normalized spacial score (nSPS) is 10.6. The van der Waals surface area contributed by atoms with Gasteiger partial charge in [0.2, 0.25) is 0 Å². The first kappa shape index (κ1) is 15.8. The Hall–Kier alpha value is -3.13. The van der Waals surface area contributed by atoms with Crippen LogP contribution in [0, 0.1) is 24.1 Å². The van der Waals surface area contributed by atoms with Gasteiger partial charge in [-0.25, -0.2) is 4.39 Å². The van der Waals surface area contributed by atoms with Crippen LogP contribution in [0.2, 0.25) is 0 Å². The topological polar surface area (TPSA) is 66.0 Å². The number of hydrogen-bond donors (Lipinski definition) is 1. The number of furan rings is 1. The number of carbonyl (C=O) groups excluding carboxylic acids is 1. The third kappa shape index (κ3) is 2.86. The molecule has 0 spiro atoms. The summed E-state index contributed by atoms with van der Waals surface area (Å²) in [7, 11) is 0. The first-order valence-corrected chi connectivity index (χ1v) is 7.46. The van der Waals surface area contributed by atoms with Gasteiger partial charge >= 0.3 is 0 Å². The van der Waals surface area contributed by atoms with E-state index in [1.54, 1.807) is 24.3 Å². The molecule has 0 aliphatic rings. The van der Waals surface area contributed by atoms with Crippen LogP contribution in [0.15, 0.2) is 40.8 Å². The molecular formula is C19H15FN2O2. The molecular weight excluding hydrogens is 307 g/mol. The maximum atomic E-state index is 13.4. The fraction of sp³-hybridized carbons (Fsp3) is 0.158. The van der Waals surface area contributed by atoms with Gasteiger partial charge in [0.05, 0.1) is 17.8 Å². The summed E-state index contributed by atoms with van der Waals surface area (Å²) in [4.78, 5) is 11.5. The summed E-state index contributed by atoms with van der Waals surface area (Å²) in [5.41, 5.74) is 3.00. The van der Waals surface area contributed by atoms with Gasteiger partial charge < -0.3 is 9.73 Å². The Bertz CT molecular complexity index is 983. The zero-order valence-corrected chi connectivity index (χ0v) is 13.3. The minimum atomic E-state index is -0.313. The highest BCUT2D eigenvalue weighted by molar-refractivity contribution is 5.95. The van der Waals surface area contributed by atoms with Crippen molar-refractivity contribution in [1.82, 2.24) is 0 Å². The van der Waals surface area contributed by atoms with Crippen molar-refractivity contribution < 1.29 is 13.6 Å². The van der Waals surface area contributed by atoms with Crippen LogP contribution in [0.1, 0.15) is 34.2 Å². The first-order chi connectivity index (χ1) is 11.5. The lowest BCUT2D eigenvalue weighted by molar-refractivity contribution is 0.101. The SMILES string of the molecule is CC(=O)c1ccc(C#N)c(NCc2oc3ccc(F)cc3c2C)c1. The number of rotatable bonds is 4. The molecule has 24 heavy (non-hydrogen) atoms. The number of anilines is 1. The van der Waals surface area contributed by atoms with Crippen molar-refractivity contribution in [1.29, 1.82) is 5.26 Å². The molecule has 0 fully saturated rings. The number of halogens is 1. The number of hydrogen-bond acceptors (Lipinski definition) is 4. The third-order valence-corrected chi connectivity index (χ3v) is 3.98. The molecule has 5 heteroatoms. The van der Waals surface area contributed by atoms with Gasteiger partial charge in [-0.1, -0.05) is 0 Å². The van der Waals surface area contributed by atoms with Gasteiger partial charge in [0.1, 0.15) is 23.2 Å². The number of nitriles is 1. The monoisotopic (exact) mass is 322 g/mol. The molecule has 1 aromatic heterocycles. The van der Waals surface area contributed by atoms with Crippen molar-refractivity contribution in [2.24, 2.45) is 0 Å². The van der Waals surface area contributed by atoms with Crippen LogP contribution in [0.5, 0.6) is 0 Å². The maximum Gasteiger partial charge on any atom is 0.159 e. The molecule has 0 radical (unpaired) electrons. The second kappa shape index (κ2) is 6.17. The average Bonchev–Trinajstić information content (AvgIpc) is 2.88. The van der Waals surface area contributed by atoms with E-state index in [0.29, 0.717) is 34.7 Å². The average molecular weight is 322 g/mol. The summed E-state index contributed by atoms with van der Waals surface area (Å²) in [6.45, 7) is 3.67. The van der Waals surface area contributed by atoms with Gasteiger partial charge in [-0.3, -0.25) is 4.79 Å². The predicted octanol–water partition coefficient (Wildman–Crippen LogP) is 4.57. The Morgan fingerprint density at radius 2 is 2.08 bits per heavy atom. The van der Waals surface area contributed by atoms with Crippen LogP contribution in [0.3, 0.4) is 0 Å². The number of benzene rings is 2. The minimum absolute atomic E-state index is 0.0714. The lowest BCUT2D eigenvalue weighted by Gasteiger charge is -2.08. The summed E-state index contributed by atoms with van der Waals surface area (Å²) in [6, 6.07) is 11.4. The van der Waals surface area contributed by atoms with Crippen molar-refractivity contribution in [2.45, 2.75) is 20.4 Å². The second-order valence-corrected chi connectivity index (χ2v) is 5.57. The number of ketones is 1. The van der Waals surface area contributed by atoms with Crippen LogP contribution in [-0.4, -0.2) is 5.78 Å². The van der Waals surface area contributed by atoms with Gasteiger partial charge in [0.25, 0.3) is 0 Å². The lowest BCUT2D eigenvalue weighted by atomic mass is 10.1. The molecule has 0 amide bonds. The van der Waals surface area contributed by atoms with Crippen molar-refractivity contribution in [3.8, 4) is 6.07 Å². The Morgan fingerprint density at radius 3 is 2.79 bits per heavy atom.